The van der Waals surface area contributed by atoms with Crippen molar-refractivity contribution in [1.29, 1.82) is 0 Å². The maximum absolute atomic E-state index is 11.4. The van der Waals surface area contributed by atoms with Gasteiger partial charge in [-0.2, -0.15) is 4.31 Å². The third-order valence-electron chi connectivity index (χ3n) is 4.29. The van der Waals surface area contributed by atoms with Crippen LogP contribution in [0.1, 0.15) is 25.7 Å². The Bertz CT molecular complexity index is 358. The predicted molar refractivity (Wildman–Crippen MR) is 77.7 cm³/mol. The summed E-state index contributed by atoms with van der Waals surface area (Å²) in [5.41, 5.74) is 0. The molecule has 2 aliphatic heterocycles. The van der Waals surface area contributed by atoms with E-state index in [9.17, 15) is 8.42 Å². The van der Waals surface area contributed by atoms with Gasteiger partial charge >= 0.3 is 0 Å². The number of sulfonamides is 1. The molecule has 0 amide bonds. The number of piperidine rings is 1. The summed E-state index contributed by atoms with van der Waals surface area (Å²) in [5, 5.41) is 3.46. The van der Waals surface area contributed by atoms with Gasteiger partial charge in [0.2, 0.25) is 10.0 Å². The zero-order chi connectivity index (χ0) is 13.7. The van der Waals surface area contributed by atoms with Crippen molar-refractivity contribution in [2.45, 2.75) is 25.7 Å². The van der Waals surface area contributed by atoms with Gasteiger partial charge in [0.05, 0.1) is 6.26 Å². The van der Waals surface area contributed by atoms with Crippen LogP contribution in [-0.4, -0.2) is 69.7 Å². The third kappa shape index (κ3) is 5.02. The number of hydrogen-bond acceptors (Lipinski definition) is 4. The Labute approximate surface area is 117 Å². The van der Waals surface area contributed by atoms with Gasteiger partial charge in [0.15, 0.2) is 0 Å². The Balaban J connectivity index is 1.60. The van der Waals surface area contributed by atoms with Gasteiger partial charge in [-0.25, -0.2) is 8.42 Å². The topological polar surface area (TPSA) is 52.7 Å². The van der Waals surface area contributed by atoms with Crippen molar-refractivity contribution in [2.24, 2.45) is 5.92 Å². The number of hydrogen-bond donors (Lipinski definition) is 1. The Morgan fingerprint density at radius 1 is 1.21 bits per heavy atom. The van der Waals surface area contributed by atoms with E-state index in [1.54, 1.807) is 4.31 Å². The van der Waals surface area contributed by atoms with Gasteiger partial charge in [-0.15, -0.1) is 0 Å². The number of rotatable bonds is 5. The lowest BCUT2D eigenvalue weighted by Crippen LogP contribution is -2.48. The number of piperazine rings is 1. The first kappa shape index (κ1) is 15.2. The summed E-state index contributed by atoms with van der Waals surface area (Å²) < 4.78 is 24.4. The zero-order valence-corrected chi connectivity index (χ0v) is 12.8. The van der Waals surface area contributed by atoms with Crippen LogP contribution < -0.4 is 5.32 Å². The molecule has 0 spiro atoms. The lowest BCUT2D eigenvalue weighted by atomic mass is 9.94. The van der Waals surface area contributed by atoms with Crippen LogP contribution in [0.25, 0.3) is 0 Å². The minimum atomic E-state index is -2.99. The summed E-state index contributed by atoms with van der Waals surface area (Å²) in [4.78, 5) is 2.40. The molecule has 2 fully saturated rings. The van der Waals surface area contributed by atoms with E-state index in [1.165, 1.54) is 45.0 Å². The lowest BCUT2D eigenvalue weighted by Gasteiger charge is -2.33. The average molecular weight is 289 g/mol. The van der Waals surface area contributed by atoms with E-state index < -0.39 is 10.0 Å². The quantitative estimate of drug-likeness (QED) is 0.793. The average Bonchev–Trinajstić information content (AvgIpc) is 2.39. The molecule has 0 bridgehead atoms. The fourth-order valence-corrected chi connectivity index (χ4v) is 3.89. The van der Waals surface area contributed by atoms with E-state index in [-0.39, 0.29) is 0 Å². The molecule has 19 heavy (non-hydrogen) atoms. The number of nitrogens with zero attached hydrogens (tertiary/aromatic N) is 2. The van der Waals surface area contributed by atoms with Gasteiger partial charge < -0.3 is 10.2 Å². The Hall–Kier alpha value is -0.170. The Morgan fingerprint density at radius 2 is 1.95 bits per heavy atom. The van der Waals surface area contributed by atoms with Crippen molar-refractivity contribution < 1.29 is 8.42 Å². The molecule has 0 aromatic heterocycles. The second-order valence-corrected chi connectivity index (χ2v) is 7.84. The molecule has 6 heteroatoms. The maximum Gasteiger partial charge on any atom is 0.211 e. The van der Waals surface area contributed by atoms with Crippen LogP contribution in [0.2, 0.25) is 0 Å². The molecule has 2 saturated heterocycles. The first-order valence-electron chi connectivity index (χ1n) is 7.44. The van der Waals surface area contributed by atoms with Crippen molar-refractivity contribution in [1.82, 2.24) is 14.5 Å². The van der Waals surface area contributed by atoms with E-state index in [0.717, 1.165) is 25.6 Å². The molecule has 2 aliphatic rings. The summed E-state index contributed by atoms with van der Waals surface area (Å²) in [6, 6.07) is 0. The smallest absolute Gasteiger partial charge is 0.211 e. The molecule has 0 aromatic carbocycles. The summed E-state index contributed by atoms with van der Waals surface area (Å²) >= 11 is 0. The first-order valence-corrected chi connectivity index (χ1v) is 9.29. The van der Waals surface area contributed by atoms with Crippen molar-refractivity contribution in [3.63, 3.8) is 0 Å². The Morgan fingerprint density at radius 3 is 2.53 bits per heavy atom. The normalized spacial score (nSPS) is 27.5. The molecule has 0 aliphatic carbocycles. The monoisotopic (exact) mass is 289 g/mol. The highest BCUT2D eigenvalue weighted by atomic mass is 32.2. The Kier molecular flexibility index (Phi) is 5.62. The van der Waals surface area contributed by atoms with Crippen LogP contribution in [-0.2, 0) is 10.0 Å². The minimum absolute atomic E-state index is 0.657. The minimum Gasteiger partial charge on any atom is -0.316 e. The summed E-state index contributed by atoms with van der Waals surface area (Å²) in [5.74, 6) is 0.853. The fourth-order valence-electron chi connectivity index (χ4n) is 3.06. The van der Waals surface area contributed by atoms with Crippen molar-refractivity contribution in [3.8, 4) is 0 Å². The highest BCUT2D eigenvalue weighted by Crippen LogP contribution is 2.16. The second-order valence-electron chi connectivity index (χ2n) is 5.86. The second kappa shape index (κ2) is 7.02. The molecular formula is C13H27N3O2S. The number of nitrogens with one attached hydrogen (secondary N) is 1. The van der Waals surface area contributed by atoms with Gasteiger partial charge in [-0.1, -0.05) is 0 Å². The largest absolute Gasteiger partial charge is 0.316 e. The summed E-state index contributed by atoms with van der Waals surface area (Å²) in [6.07, 6.45) is 6.54. The van der Waals surface area contributed by atoms with E-state index >= 15 is 0 Å². The SMILES string of the molecule is CS(=O)(=O)N1CCN(CCCC2CCCNC2)CC1. The molecule has 2 heterocycles. The molecule has 1 unspecified atom stereocenters. The van der Waals surface area contributed by atoms with E-state index in [4.69, 9.17) is 0 Å². The summed E-state index contributed by atoms with van der Waals surface area (Å²) in [6.45, 7) is 6.57. The van der Waals surface area contributed by atoms with Crippen LogP contribution in [0, 0.1) is 5.92 Å². The maximum atomic E-state index is 11.4. The first-order chi connectivity index (χ1) is 9.05. The third-order valence-corrected chi connectivity index (χ3v) is 5.59. The highest BCUT2D eigenvalue weighted by Gasteiger charge is 2.23. The van der Waals surface area contributed by atoms with E-state index in [1.807, 2.05) is 0 Å². The van der Waals surface area contributed by atoms with E-state index in [2.05, 4.69) is 10.2 Å². The molecule has 0 radical (unpaired) electrons. The van der Waals surface area contributed by atoms with Crippen LogP contribution in [0.15, 0.2) is 0 Å². The fraction of sp³-hybridized carbons (Fsp3) is 1.00. The van der Waals surface area contributed by atoms with Crippen LogP contribution >= 0.6 is 0 Å². The van der Waals surface area contributed by atoms with Crippen molar-refractivity contribution in [3.05, 3.63) is 0 Å². The van der Waals surface area contributed by atoms with Crippen LogP contribution in [0.3, 0.4) is 0 Å². The molecule has 1 atom stereocenters. The van der Waals surface area contributed by atoms with Gasteiger partial charge in [-0.3, -0.25) is 0 Å². The molecule has 1 N–H and O–H groups in total. The zero-order valence-electron chi connectivity index (χ0n) is 12.0. The molecule has 5 nitrogen and oxygen atoms in total. The predicted octanol–water partition coefficient (Wildman–Crippen LogP) is 0.343. The van der Waals surface area contributed by atoms with Crippen molar-refractivity contribution >= 4 is 10.0 Å². The van der Waals surface area contributed by atoms with E-state index in [0.29, 0.717) is 13.1 Å². The highest BCUT2D eigenvalue weighted by molar-refractivity contribution is 7.88. The van der Waals surface area contributed by atoms with Gasteiger partial charge in [0.25, 0.3) is 0 Å². The summed E-state index contributed by atoms with van der Waals surface area (Å²) in [7, 11) is -2.99. The van der Waals surface area contributed by atoms with Crippen LogP contribution in [0.5, 0.6) is 0 Å². The molecule has 2 rings (SSSR count). The van der Waals surface area contributed by atoms with Crippen LogP contribution in [0.4, 0.5) is 0 Å². The van der Waals surface area contributed by atoms with Gasteiger partial charge in [-0.05, 0) is 51.2 Å². The van der Waals surface area contributed by atoms with Gasteiger partial charge in [0, 0.05) is 26.2 Å². The molecule has 0 aromatic rings. The standard InChI is InChI=1S/C13H27N3O2S/c1-19(17,18)16-10-8-15(9-11-16)7-3-5-13-4-2-6-14-12-13/h13-14H,2-12H2,1H3. The van der Waals surface area contributed by atoms with Gasteiger partial charge in [0.1, 0.15) is 0 Å². The lowest BCUT2D eigenvalue weighted by molar-refractivity contribution is 0.181. The molecule has 112 valence electrons. The molecular weight excluding hydrogens is 262 g/mol. The van der Waals surface area contributed by atoms with Crippen molar-refractivity contribution in [2.75, 3.05) is 52.1 Å². The molecule has 0 saturated carbocycles.